The molecule has 0 aliphatic carbocycles. The van der Waals surface area contributed by atoms with Crippen molar-refractivity contribution in [2.45, 2.75) is 37.6 Å². The highest BCUT2D eigenvalue weighted by Gasteiger charge is 2.25. The predicted octanol–water partition coefficient (Wildman–Crippen LogP) is 1.66. The van der Waals surface area contributed by atoms with Gasteiger partial charge in [-0.2, -0.15) is 0 Å². The first-order valence-corrected chi connectivity index (χ1v) is 7.93. The van der Waals surface area contributed by atoms with Crippen LogP contribution >= 0.6 is 0 Å². The molecule has 0 spiro atoms. The van der Waals surface area contributed by atoms with Crippen LogP contribution in [0.2, 0.25) is 0 Å². The van der Waals surface area contributed by atoms with Crippen LogP contribution in [-0.2, 0) is 6.42 Å². The highest BCUT2D eigenvalue weighted by Crippen LogP contribution is 2.15. The van der Waals surface area contributed by atoms with Crippen molar-refractivity contribution in [1.82, 2.24) is 5.32 Å². The third-order valence-corrected chi connectivity index (χ3v) is 4.04. The average molecular weight is 315 g/mol. The molecule has 0 aliphatic heterocycles. The van der Waals surface area contributed by atoms with Gasteiger partial charge in [-0.1, -0.05) is 60.7 Å². The summed E-state index contributed by atoms with van der Waals surface area (Å²) < 4.78 is 0. The minimum Gasteiger partial charge on any atom is -0.394 e. The van der Waals surface area contributed by atoms with Gasteiger partial charge in [-0.25, -0.2) is 0 Å². The molecule has 2 unspecified atom stereocenters. The largest absolute Gasteiger partial charge is 0.394 e. The molecule has 0 heterocycles. The van der Waals surface area contributed by atoms with Crippen LogP contribution < -0.4 is 5.32 Å². The van der Waals surface area contributed by atoms with Crippen LogP contribution in [0.25, 0.3) is 0 Å². The van der Waals surface area contributed by atoms with E-state index in [0.29, 0.717) is 6.42 Å². The molecule has 0 radical (unpaired) electrons. The van der Waals surface area contributed by atoms with Crippen molar-refractivity contribution in [2.24, 2.45) is 0 Å². The number of hydrogen-bond donors (Lipinski definition) is 4. The highest BCUT2D eigenvalue weighted by atomic mass is 16.3. The van der Waals surface area contributed by atoms with Crippen LogP contribution in [0.15, 0.2) is 60.7 Å². The number of benzene rings is 2. The van der Waals surface area contributed by atoms with Gasteiger partial charge in [0.15, 0.2) is 0 Å². The van der Waals surface area contributed by atoms with E-state index in [1.807, 2.05) is 67.6 Å². The molecule has 0 fully saturated rings. The van der Waals surface area contributed by atoms with Gasteiger partial charge in [0, 0.05) is 12.5 Å². The fourth-order valence-corrected chi connectivity index (χ4v) is 2.67. The molecule has 4 atom stereocenters. The van der Waals surface area contributed by atoms with E-state index in [9.17, 15) is 15.3 Å². The van der Waals surface area contributed by atoms with Crippen molar-refractivity contribution in [2.75, 3.05) is 6.61 Å². The summed E-state index contributed by atoms with van der Waals surface area (Å²) in [5, 5.41) is 33.4. The predicted molar refractivity (Wildman–Crippen MR) is 91.0 cm³/mol. The summed E-state index contributed by atoms with van der Waals surface area (Å²) in [5.41, 5.74) is 1.93. The topological polar surface area (TPSA) is 72.7 Å². The van der Waals surface area contributed by atoms with E-state index in [1.165, 1.54) is 0 Å². The molecule has 4 heteroatoms. The number of nitrogens with one attached hydrogen (secondary N) is 1. The fraction of sp³-hybridized carbons (Fsp3) is 0.368. The van der Waals surface area contributed by atoms with E-state index in [2.05, 4.69) is 5.32 Å². The Morgan fingerprint density at radius 2 is 1.48 bits per heavy atom. The van der Waals surface area contributed by atoms with Gasteiger partial charge in [0.25, 0.3) is 0 Å². The van der Waals surface area contributed by atoms with Crippen LogP contribution in [-0.4, -0.2) is 40.2 Å². The number of aliphatic hydroxyl groups excluding tert-OH is 3. The van der Waals surface area contributed by atoms with Crippen molar-refractivity contribution in [3.05, 3.63) is 71.8 Å². The summed E-state index contributed by atoms with van der Waals surface area (Å²) in [6, 6.07) is 18.5. The van der Waals surface area contributed by atoms with Crippen LogP contribution in [0, 0.1) is 0 Å². The Balaban J connectivity index is 1.94. The molecule has 2 rings (SSSR count). The minimum atomic E-state index is -0.923. The van der Waals surface area contributed by atoms with Crippen LogP contribution in [0.4, 0.5) is 0 Å². The number of rotatable bonds is 8. The maximum absolute atomic E-state index is 10.3. The van der Waals surface area contributed by atoms with Crippen molar-refractivity contribution in [3.8, 4) is 0 Å². The van der Waals surface area contributed by atoms with Crippen molar-refractivity contribution < 1.29 is 15.3 Å². The lowest BCUT2D eigenvalue weighted by Crippen LogP contribution is -2.47. The first-order valence-electron chi connectivity index (χ1n) is 7.93. The van der Waals surface area contributed by atoms with Crippen molar-refractivity contribution in [3.63, 3.8) is 0 Å². The van der Waals surface area contributed by atoms with E-state index in [-0.39, 0.29) is 18.7 Å². The van der Waals surface area contributed by atoms with Gasteiger partial charge >= 0.3 is 0 Å². The maximum Gasteiger partial charge on any atom is 0.0952 e. The van der Waals surface area contributed by atoms with Gasteiger partial charge in [0.2, 0.25) is 0 Å². The molecule has 0 saturated carbocycles. The molecular weight excluding hydrogens is 290 g/mol. The molecule has 4 nitrogen and oxygen atoms in total. The maximum atomic E-state index is 10.3. The van der Waals surface area contributed by atoms with Gasteiger partial charge in [-0.15, -0.1) is 0 Å². The lowest BCUT2D eigenvalue weighted by Gasteiger charge is -2.28. The van der Waals surface area contributed by atoms with Crippen molar-refractivity contribution in [1.29, 1.82) is 0 Å². The third kappa shape index (κ3) is 5.15. The Labute approximate surface area is 137 Å². The first kappa shape index (κ1) is 17.6. The van der Waals surface area contributed by atoms with E-state index in [0.717, 1.165) is 11.1 Å². The third-order valence-electron chi connectivity index (χ3n) is 4.04. The Hall–Kier alpha value is -1.72. The first-order chi connectivity index (χ1) is 11.1. The van der Waals surface area contributed by atoms with Crippen LogP contribution in [0.5, 0.6) is 0 Å². The summed E-state index contributed by atoms with van der Waals surface area (Å²) in [7, 11) is 0. The molecule has 124 valence electrons. The lowest BCUT2D eigenvalue weighted by molar-refractivity contribution is -0.00352. The second kappa shape index (κ2) is 8.79. The Bertz CT molecular complexity index is 561. The fourth-order valence-electron chi connectivity index (χ4n) is 2.67. The van der Waals surface area contributed by atoms with E-state index < -0.39 is 12.2 Å². The molecule has 0 aliphatic rings. The van der Waals surface area contributed by atoms with E-state index in [1.54, 1.807) is 0 Å². The Kier molecular flexibility index (Phi) is 6.74. The molecule has 23 heavy (non-hydrogen) atoms. The van der Waals surface area contributed by atoms with Crippen LogP contribution in [0.3, 0.4) is 0 Å². The second-order valence-corrected chi connectivity index (χ2v) is 5.85. The number of aliphatic hydroxyl groups is 3. The van der Waals surface area contributed by atoms with E-state index in [4.69, 9.17) is 0 Å². The zero-order valence-corrected chi connectivity index (χ0v) is 13.3. The van der Waals surface area contributed by atoms with Gasteiger partial charge in [0.1, 0.15) is 0 Å². The summed E-state index contributed by atoms with van der Waals surface area (Å²) in [4.78, 5) is 0. The summed E-state index contributed by atoms with van der Waals surface area (Å²) in [6.07, 6.45) is -1.40. The zero-order chi connectivity index (χ0) is 16.7. The summed E-state index contributed by atoms with van der Waals surface area (Å²) >= 11 is 0. The van der Waals surface area contributed by atoms with Gasteiger partial charge in [-0.05, 0) is 18.1 Å². The van der Waals surface area contributed by atoms with Crippen molar-refractivity contribution >= 4 is 0 Å². The molecule has 0 aromatic heterocycles. The smallest absolute Gasteiger partial charge is 0.0952 e. The minimum absolute atomic E-state index is 0.0736. The molecule has 2 aromatic carbocycles. The zero-order valence-electron chi connectivity index (χ0n) is 13.3. The normalized spacial score (nSPS) is 16.5. The lowest BCUT2D eigenvalue weighted by atomic mass is 9.98. The van der Waals surface area contributed by atoms with E-state index >= 15 is 0 Å². The Morgan fingerprint density at radius 3 is 2.04 bits per heavy atom. The monoisotopic (exact) mass is 315 g/mol. The summed E-state index contributed by atoms with van der Waals surface area (Å²) in [5.74, 6) is 0. The highest BCUT2D eigenvalue weighted by molar-refractivity contribution is 5.19. The molecule has 4 N–H and O–H groups in total. The average Bonchev–Trinajstić information content (AvgIpc) is 2.60. The molecule has 0 bridgehead atoms. The van der Waals surface area contributed by atoms with Gasteiger partial charge < -0.3 is 20.6 Å². The van der Waals surface area contributed by atoms with Gasteiger partial charge in [0.05, 0.1) is 24.9 Å². The summed E-state index contributed by atoms with van der Waals surface area (Å²) in [6.45, 7) is 1.74. The standard InChI is InChI=1S/C19H25NO3/c1-14(20-17(13-21)16-10-6-3-7-11-16)19(23)18(22)12-15-8-4-2-5-9-15/h2-11,14,17-23H,12-13H2,1H3/t14-,17+,18?,19?/m0/s1. The second-order valence-electron chi connectivity index (χ2n) is 5.85. The molecule has 0 amide bonds. The van der Waals surface area contributed by atoms with Gasteiger partial charge in [-0.3, -0.25) is 0 Å². The molecule has 0 saturated heterocycles. The SMILES string of the molecule is C[C@H](N[C@H](CO)c1ccccc1)C(O)C(O)Cc1ccccc1. The Morgan fingerprint density at radius 1 is 0.913 bits per heavy atom. The molecular formula is C19H25NO3. The van der Waals surface area contributed by atoms with Crippen LogP contribution in [0.1, 0.15) is 24.1 Å². The number of hydrogen-bond acceptors (Lipinski definition) is 4. The quantitative estimate of drug-likeness (QED) is 0.598. The molecule has 2 aromatic rings.